The maximum atomic E-state index is 12.2. The third-order valence-electron chi connectivity index (χ3n) is 4.11. The van der Waals surface area contributed by atoms with E-state index in [1.807, 2.05) is 31.6 Å². The predicted octanol–water partition coefficient (Wildman–Crippen LogP) is 0.993. The van der Waals surface area contributed by atoms with Crippen molar-refractivity contribution < 1.29 is 9.53 Å². The van der Waals surface area contributed by atoms with Crippen LogP contribution in [-0.2, 0) is 24.9 Å². The van der Waals surface area contributed by atoms with Crippen LogP contribution in [0, 0.1) is 0 Å². The fraction of sp³-hybridized carbons (Fsp3) is 0.471. The van der Waals surface area contributed by atoms with Gasteiger partial charge in [0.15, 0.2) is 0 Å². The number of nitrogens with zero attached hydrogens (tertiary/aromatic N) is 5. The molecule has 134 valence electrons. The van der Waals surface area contributed by atoms with Crippen LogP contribution in [0.2, 0.25) is 0 Å². The number of anilines is 1. The Kier molecular flexibility index (Phi) is 5.49. The van der Waals surface area contributed by atoms with Crippen molar-refractivity contribution in [3.63, 3.8) is 0 Å². The maximum absolute atomic E-state index is 12.2. The Hall–Kier alpha value is -2.61. The smallest absolute Gasteiger partial charge is 0.317 e. The summed E-state index contributed by atoms with van der Waals surface area (Å²) in [6.45, 7) is 4.18. The molecule has 8 nitrogen and oxygen atoms in total. The van der Waals surface area contributed by atoms with E-state index in [-0.39, 0.29) is 6.03 Å². The Morgan fingerprint density at radius 2 is 2.08 bits per heavy atom. The molecule has 1 N–H and O–H groups in total. The van der Waals surface area contributed by atoms with Gasteiger partial charge in [-0.2, -0.15) is 5.10 Å². The van der Waals surface area contributed by atoms with Gasteiger partial charge in [0.25, 0.3) is 0 Å². The Balaban J connectivity index is 1.48. The highest BCUT2D eigenvalue weighted by Crippen LogP contribution is 2.13. The molecule has 0 bridgehead atoms. The number of aryl methyl sites for hydroxylation is 1. The van der Waals surface area contributed by atoms with E-state index in [9.17, 15) is 4.79 Å². The SMILES string of the molecule is CN(Cc1cnn(C)c1)C(=O)NCc1ccc(N2CCOCC2)nc1. The highest BCUT2D eigenvalue weighted by Gasteiger charge is 2.13. The van der Waals surface area contributed by atoms with Gasteiger partial charge in [-0.25, -0.2) is 9.78 Å². The minimum absolute atomic E-state index is 0.124. The van der Waals surface area contributed by atoms with E-state index in [0.29, 0.717) is 13.1 Å². The summed E-state index contributed by atoms with van der Waals surface area (Å²) in [6.07, 6.45) is 5.47. The Morgan fingerprint density at radius 1 is 1.28 bits per heavy atom. The van der Waals surface area contributed by atoms with Gasteiger partial charge in [-0.05, 0) is 11.6 Å². The fourth-order valence-corrected chi connectivity index (χ4v) is 2.71. The number of pyridine rings is 1. The molecule has 0 aromatic carbocycles. The second-order valence-corrected chi connectivity index (χ2v) is 6.16. The quantitative estimate of drug-likeness (QED) is 0.876. The molecule has 0 spiro atoms. The zero-order chi connectivity index (χ0) is 17.6. The number of amides is 2. The Bertz CT molecular complexity index is 693. The molecule has 1 saturated heterocycles. The van der Waals surface area contributed by atoms with Crippen molar-refractivity contribution in [2.45, 2.75) is 13.1 Å². The van der Waals surface area contributed by atoms with E-state index < -0.39 is 0 Å². The average Bonchev–Trinajstić information content (AvgIpc) is 3.05. The molecule has 25 heavy (non-hydrogen) atoms. The second kappa shape index (κ2) is 7.98. The van der Waals surface area contributed by atoms with Crippen LogP contribution in [0.1, 0.15) is 11.1 Å². The van der Waals surface area contributed by atoms with E-state index in [1.54, 1.807) is 22.8 Å². The molecule has 8 heteroatoms. The lowest BCUT2D eigenvalue weighted by molar-refractivity contribution is 0.122. The van der Waals surface area contributed by atoms with Crippen LogP contribution in [0.5, 0.6) is 0 Å². The Morgan fingerprint density at radius 3 is 2.72 bits per heavy atom. The Labute approximate surface area is 147 Å². The van der Waals surface area contributed by atoms with Crippen molar-refractivity contribution in [2.75, 3.05) is 38.3 Å². The molecule has 0 atom stereocenters. The summed E-state index contributed by atoms with van der Waals surface area (Å²) < 4.78 is 7.07. The van der Waals surface area contributed by atoms with Crippen molar-refractivity contribution in [3.8, 4) is 0 Å². The summed E-state index contributed by atoms with van der Waals surface area (Å²) in [5.41, 5.74) is 1.97. The van der Waals surface area contributed by atoms with Crippen LogP contribution in [-0.4, -0.2) is 59.0 Å². The summed E-state index contributed by atoms with van der Waals surface area (Å²) in [7, 11) is 3.62. The van der Waals surface area contributed by atoms with Gasteiger partial charge in [0.2, 0.25) is 0 Å². The number of carbonyl (C=O) groups excluding carboxylic acids is 1. The van der Waals surface area contributed by atoms with Crippen molar-refractivity contribution >= 4 is 11.8 Å². The van der Waals surface area contributed by atoms with Crippen LogP contribution in [0.3, 0.4) is 0 Å². The predicted molar refractivity (Wildman–Crippen MR) is 94.2 cm³/mol. The monoisotopic (exact) mass is 344 g/mol. The standard InChI is InChI=1S/C17H24N6O2/c1-21(12-15-11-20-22(2)13-15)17(24)19-10-14-3-4-16(18-9-14)23-5-7-25-8-6-23/h3-4,9,11,13H,5-8,10,12H2,1-2H3,(H,19,24). The molecule has 1 aliphatic rings. The molecule has 1 aliphatic heterocycles. The van der Waals surface area contributed by atoms with Crippen molar-refractivity contribution in [2.24, 2.45) is 7.05 Å². The summed E-state index contributed by atoms with van der Waals surface area (Å²) in [5.74, 6) is 0.951. The molecule has 2 amide bonds. The van der Waals surface area contributed by atoms with Gasteiger partial charge >= 0.3 is 6.03 Å². The van der Waals surface area contributed by atoms with E-state index in [4.69, 9.17) is 4.74 Å². The number of morpholine rings is 1. The number of rotatable bonds is 5. The molecule has 3 rings (SSSR count). The number of aromatic nitrogens is 3. The topological polar surface area (TPSA) is 75.5 Å². The van der Waals surface area contributed by atoms with Crippen molar-refractivity contribution in [1.82, 2.24) is 25.0 Å². The van der Waals surface area contributed by atoms with Gasteiger partial charge in [-0.1, -0.05) is 6.07 Å². The van der Waals surface area contributed by atoms with Gasteiger partial charge in [0, 0.05) is 51.7 Å². The third-order valence-corrected chi connectivity index (χ3v) is 4.11. The van der Waals surface area contributed by atoms with Gasteiger partial charge in [-0.15, -0.1) is 0 Å². The number of hydrogen-bond donors (Lipinski definition) is 1. The zero-order valence-corrected chi connectivity index (χ0v) is 14.7. The normalized spacial score (nSPS) is 14.4. The lowest BCUT2D eigenvalue weighted by Gasteiger charge is -2.27. The highest BCUT2D eigenvalue weighted by atomic mass is 16.5. The first kappa shape index (κ1) is 17.2. The molecule has 1 fully saturated rings. The highest BCUT2D eigenvalue weighted by molar-refractivity contribution is 5.73. The summed E-state index contributed by atoms with van der Waals surface area (Å²) in [6, 6.07) is 3.87. The number of ether oxygens (including phenoxy) is 1. The number of carbonyl (C=O) groups is 1. The molecule has 0 saturated carbocycles. The van der Waals surface area contributed by atoms with Crippen LogP contribution in [0.15, 0.2) is 30.7 Å². The van der Waals surface area contributed by atoms with Crippen LogP contribution in [0.4, 0.5) is 10.6 Å². The first-order valence-corrected chi connectivity index (χ1v) is 8.36. The number of urea groups is 1. The molecular formula is C17H24N6O2. The first-order chi connectivity index (χ1) is 12.1. The van der Waals surface area contributed by atoms with Crippen molar-refractivity contribution in [3.05, 3.63) is 41.9 Å². The van der Waals surface area contributed by atoms with E-state index in [2.05, 4.69) is 20.3 Å². The van der Waals surface area contributed by atoms with Gasteiger partial charge in [-0.3, -0.25) is 4.68 Å². The minimum Gasteiger partial charge on any atom is -0.378 e. The van der Waals surface area contributed by atoms with Gasteiger partial charge < -0.3 is 19.9 Å². The summed E-state index contributed by atoms with van der Waals surface area (Å²) >= 11 is 0. The van der Waals surface area contributed by atoms with E-state index in [1.165, 1.54) is 0 Å². The average molecular weight is 344 g/mol. The molecule has 0 aliphatic carbocycles. The van der Waals surface area contributed by atoms with E-state index in [0.717, 1.165) is 43.2 Å². The van der Waals surface area contributed by atoms with Crippen LogP contribution < -0.4 is 10.2 Å². The van der Waals surface area contributed by atoms with Crippen LogP contribution >= 0.6 is 0 Å². The largest absolute Gasteiger partial charge is 0.378 e. The maximum Gasteiger partial charge on any atom is 0.317 e. The molecule has 0 unspecified atom stereocenters. The number of nitrogens with one attached hydrogen (secondary N) is 1. The van der Waals surface area contributed by atoms with Gasteiger partial charge in [0.05, 0.1) is 26.0 Å². The molecule has 0 radical (unpaired) electrons. The molecular weight excluding hydrogens is 320 g/mol. The van der Waals surface area contributed by atoms with Crippen LogP contribution in [0.25, 0.3) is 0 Å². The lowest BCUT2D eigenvalue weighted by atomic mass is 10.2. The van der Waals surface area contributed by atoms with E-state index >= 15 is 0 Å². The zero-order valence-electron chi connectivity index (χ0n) is 14.7. The first-order valence-electron chi connectivity index (χ1n) is 8.36. The minimum atomic E-state index is -0.124. The summed E-state index contributed by atoms with van der Waals surface area (Å²) in [5, 5.41) is 7.02. The fourth-order valence-electron chi connectivity index (χ4n) is 2.71. The molecule has 2 aromatic heterocycles. The number of hydrogen-bond acceptors (Lipinski definition) is 5. The van der Waals surface area contributed by atoms with Gasteiger partial charge in [0.1, 0.15) is 5.82 Å². The van der Waals surface area contributed by atoms with Crippen molar-refractivity contribution in [1.29, 1.82) is 0 Å². The molecule has 3 heterocycles. The second-order valence-electron chi connectivity index (χ2n) is 6.16. The molecule has 2 aromatic rings. The summed E-state index contributed by atoms with van der Waals surface area (Å²) in [4.78, 5) is 20.5. The lowest BCUT2D eigenvalue weighted by Crippen LogP contribution is -2.37. The third kappa shape index (κ3) is 4.69.